The molecule has 0 saturated carbocycles. The van der Waals surface area contributed by atoms with E-state index >= 15 is 0 Å². The Balaban J connectivity index is 4.21. The average molecular weight is 807 g/mol. The van der Waals surface area contributed by atoms with E-state index in [9.17, 15) is 14.4 Å². The third-order valence-corrected chi connectivity index (χ3v) is 11.5. The van der Waals surface area contributed by atoms with Gasteiger partial charge in [-0.1, -0.05) is 240 Å². The second-order valence-corrected chi connectivity index (χ2v) is 18.4. The van der Waals surface area contributed by atoms with Gasteiger partial charge in [-0.2, -0.15) is 0 Å². The summed E-state index contributed by atoms with van der Waals surface area (Å²) in [5.41, 5.74) is 0. The van der Waals surface area contributed by atoms with Gasteiger partial charge < -0.3 is 14.2 Å². The second kappa shape index (κ2) is 44.0. The number of hydrogen-bond acceptors (Lipinski definition) is 6. The predicted molar refractivity (Wildman–Crippen MR) is 243 cm³/mol. The summed E-state index contributed by atoms with van der Waals surface area (Å²) in [4.78, 5) is 37.8. The van der Waals surface area contributed by atoms with E-state index in [1.807, 2.05) is 0 Å². The summed E-state index contributed by atoms with van der Waals surface area (Å²) in [6, 6.07) is 0. The first-order chi connectivity index (χ1) is 27.7. The molecule has 338 valence electrons. The minimum absolute atomic E-state index is 0.0641. The Morgan fingerprint density at radius 2 is 0.579 bits per heavy atom. The lowest BCUT2D eigenvalue weighted by Gasteiger charge is -2.18. The summed E-state index contributed by atoms with van der Waals surface area (Å²) in [5, 5.41) is 0. The molecule has 0 radical (unpaired) electrons. The summed E-state index contributed by atoms with van der Waals surface area (Å²) in [6.07, 6.45) is 43.9. The molecule has 0 rings (SSSR count). The van der Waals surface area contributed by atoms with Crippen molar-refractivity contribution < 1.29 is 28.6 Å². The van der Waals surface area contributed by atoms with Crippen molar-refractivity contribution >= 4 is 17.9 Å². The van der Waals surface area contributed by atoms with Crippen LogP contribution in [0.25, 0.3) is 0 Å². The van der Waals surface area contributed by atoms with Gasteiger partial charge in [-0.15, -0.1) is 0 Å². The summed E-state index contributed by atoms with van der Waals surface area (Å²) in [5.74, 6) is 0.822. The quantitative estimate of drug-likeness (QED) is 0.0346. The average Bonchev–Trinajstić information content (AvgIpc) is 3.18. The van der Waals surface area contributed by atoms with Gasteiger partial charge in [0.2, 0.25) is 0 Å². The standard InChI is InChI=1S/C51H98O6/c1-6-7-8-9-24-31-36-41-49(52)55-44-48(57-51(54)43-38-33-28-23-19-15-11-13-17-21-26-30-35-40-47(4)5)45-56-50(53)42-37-32-27-22-18-14-10-12-16-20-25-29-34-39-46(2)3/h46-48H,6-45H2,1-5H3/t48-/m0/s1. The zero-order chi connectivity index (χ0) is 41.9. The van der Waals surface area contributed by atoms with Crippen molar-refractivity contribution in [2.75, 3.05) is 13.2 Å². The van der Waals surface area contributed by atoms with Crippen LogP contribution in [0.3, 0.4) is 0 Å². The smallest absolute Gasteiger partial charge is 0.306 e. The highest BCUT2D eigenvalue weighted by Gasteiger charge is 2.19. The summed E-state index contributed by atoms with van der Waals surface area (Å²) >= 11 is 0. The first-order valence-electron chi connectivity index (χ1n) is 25.2. The lowest BCUT2D eigenvalue weighted by atomic mass is 10.0. The highest BCUT2D eigenvalue weighted by Crippen LogP contribution is 2.17. The maximum absolute atomic E-state index is 12.7. The van der Waals surface area contributed by atoms with E-state index in [-0.39, 0.29) is 31.1 Å². The van der Waals surface area contributed by atoms with Gasteiger partial charge in [-0.3, -0.25) is 14.4 Å². The molecule has 0 amide bonds. The Labute approximate surface area is 355 Å². The molecule has 0 spiro atoms. The highest BCUT2D eigenvalue weighted by molar-refractivity contribution is 5.71. The fourth-order valence-electron chi connectivity index (χ4n) is 7.64. The summed E-state index contributed by atoms with van der Waals surface area (Å²) in [6.45, 7) is 11.3. The molecule has 0 aromatic heterocycles. The fraction of sp³-hybridized carbons (Fsp3) is 0.941. The molecular formula is C51H98O6. The number of esters is 3. The van der Waals surface area contributed by atoms with E-state index in [1.54, 1.807) is 0 Å². The topological polar surface area (TPSA) is 78.9 Å². The molecule has 6 nitrogen and oxygen atoms in total. The molecular weight excluding hydrogens is 709 g/mol. The zero-order valence-electron chi connectivity index (χ0n) is 39.0. The van der Waals surface area contributed by atoms with Gasteiger partial charge in [-0.25, -0.2) is 0 Å². The van der Waals surface area contributed by atoms with Crippen molar-refractivity contribution in [3.05, 3.63) is 0 Å². The molecule has 0 saturated heterocycles. The Morgan fingerprint density at radius 1 is 0.333 bits per heavy atom. The van der Waals surface area contributed by atoms with Crippen LogP contribution in [0, 0.1) is 11.8 Å². The van der Waals surface area contributed by atoms with E-state index in [0.29, 0.717) is 19.3 Å². The molecule has 0 heterocycles. The van der Waals surface area contributed by atoms with Crippen LogP contribution in [0.1, 0.15) is 279 Å². The number of rotatable bonds is 45. The van der Waals surface area contributed by atoms with Crippen LogP contribution in [0.5, 0.6) is 0 Å². The Bertz CT molecular complexity index is 870. The molecule has 0 fully saturated rings. The minimum Gasteiger partial charge on any atom is -0.462 e. The van der Waals surface area contributed by atoms with Gasteiger partial charge in [0.15, 0.2) is 6.10 Å². The number of carbonyl (C=O) groups is 3. The van der Waals surface area contributed by atoms with Crippen molar-refractivity contribution in [2.24, 2.45) is 11.8 Å². The first-order valence-corrected chi connectivity index (χ1v) is 25.2. The monoisotopic (exact) mass is 807 g/mol. The molecule has 6 heteroatoms. The molecule has 0 aromatic carbocycles. The highest BCUT2D eigenvalue weighted by atomic mass is 16.6. The summed E-state index contributed by atoms with van der Waals surface area (Å²) < 4.78 is 16.7. The van der Waals surface area contributed by atoms with Gasteiger partial charge >= 0.3 is 17.9 Å². The van der Waals surface area contributed by atoms with Gasteiger partial charge in [0.05, 0.1) is 0 Å². The predicted octanol–water partition coefficient (Wildman–Crippen LogP) is 16.1. The number of unbranched alkanes of at least 4 members (excludes halogenated alkanes) is 30. The number of carbonyl (C=O) groups excluding carboxylic acids is 3. The molecule has 0 N–H and O–H groups in total. The third kappa shape index (κ3) is 45.3. The van der Waals surface area contributed by atoms with Crippen LogP contribution in [0.4, 0.5) is 0 Å². The van der Waals surface area contributed by atoms with Gasteiger partial charge in [0.1, 0.15) is 13.2 Å². The van der Waals surface area contributed by atoms with E-state index < -0.39 is 6.10 Å². The molecule has 0 bridgehead atoms. The largest absolute Gasteiger partial charge is 0.462 e. The van der Waals surface area contributed by atoms with Crippen LogP contribution in [0.15, 0.2) is 0 Å². The lowest BCUT2D eigenvalue weighted by molar-refractivity contribution is -0.167. The van der Waals surface area contributed by atoms with Crippen LogP contribution in [-0.2, 0) is 28.6 Å². The maximum atomic E-state index is 12.7. The van der Waals surface area contributed by atoms with Crippen molar-refractivity contribution in [1.82, 2.24) is 0 Å². The van der Waals surface area contributed by atoms with Gasteiger partial charge in [-0.05, 0) is 31.1 Å². The number of hydrogen-bond donors (Lipinski definition) is 0. The van der Waals surface area contributed by atoms with Crippen molar-refractivity contribution in [1.29, 1.82) is 0 Å². The van der Waals surface area contributed by atoms with Crippen molar-refractivity contribution in [3.8, 4) is 0 Å². The molecule has 0 aromatic rings. The SMILES string of the molecule is CCCCCCCCCC(=O)OC[C@@H](COC(=O)CCCCCCCCCCCCCCCC(C)C)OC(=O)CCCCCCCCCCCCCCCC(C)C. The van der Waals surface area contributed by atoms with Crippen LogP contribution < -0.4 is 0 Å². The molecule has 0 aliphatic rings. The van der Waals surface area contributed by atoms with E-state index in [1.165, 1.54) is 167 Å². The zero-order valence-corrected chi connectivity index (χ0v) is 39.0. The van der Waals surface area contributed by atoms with Gasteiger partial charge in [0.25, 0.3) is 0 Å². The lowest BCUT2D eigenvalue weighted by Crippen LogP contribution is -2.30. The molecule has 0 unspecified atom stereocenters. The van der Waals surface area contributed by atoms with E-state index in [0.717, 1.165) is 69.6 Å². The van der Waals surface area contributed by atoms with Gasteiger partial charge in [0, 0.05) is 19.3 Å². The molecule has 0 aliphatic heterocycles. The van der Waals surface area contributed by atoms with Crippen LogP contribution >= 0.6 is 0 Å². The Morgan fingerprint density at radius 3 is 0.860 bits per heavy atom. The van der Waals surface area contributed by atoms with Crippen molar-refractivity contribution in [2.45, 2.75) is 285 Å². The molecule has 57 heavy (non-hydrogen) atoms. The third-order valence-electron chi connectivity index (χ3n) is 11.5. The molecule has 0 aliphatic carbocycles. The van der Waals surface area contributed by atoms with E-state index in [2.05, 4.69) is 34.6 Å². The second-order valence-electron chi connectivity index (χ2n) is 18.4. The summed E-state index contributed by atoms with van der Waals surface area (Å²) in [7, 11) is 0. The molecule has 1 atom stereocenters. The Kier molecular flexibility index (Phi) is 42.7. The Hall–Kier alpha value is -1.59. The maximum Gasteiger partial charge on any atom is 0.306 e. The fourth-order valence-corrected chi connectivity index (χ4v) is 7.64. The minimum atomic E-state index is -0.760. The van der Waals surface area contributed by atoms with E-state index in [4.69, 9.17) is 14.2 Å². The van der Waals surface area contributed by atoms with Crippen molar-refractivity contribution in [3.63, 3.8) is 0 Å². The van der Waals surface area contributed by atoms with Crippen LogP contribution in [-0.4, -0.2) is 37.2 Å². The number of ether oxygens (including phenoxy) is 3. The normalized spacial score (nSPS) is 12.1. The first kappa shape index (κ1) is 55.4. The van der Waals surface area contributed by atoms with Crippen LogP contribution in [0.2, 0.25) is 0 Å².